The number of benzene rings is 2. The molecule has 5 nitrogen and oxygen atoms in total. The van der Waals surface area contributed by atoms with Crippen molar-refractivity contribution in [3.8, 4) is 17.2 Å². The Labute approximate surface area is 136 Å². The van der Waals surface area contributed by atoms with E-state index < -0.39 is 12.5 Å². The van der Waals surface area contributed by atoms with Gasteiger partial charge in [0, 0.05) is 24.1 Å². The number of rotatable bonds is 2. The molecule has 0 bridgehead atoms. The van der Waals surface area contributed by atoms with Crippen molar-refractivity contribution in [1.29, 1.82) is 0 Å². The van der Waals surface area contributed by atoms with Crippen molar-refractivity contribution in [3.05, 3.63) is 47.5 Å². The number of methoxy groups -OCH3 is 1. The lowest BCUT2D eigenvalue weighted by molar-refractivity contribution is -0.286. The molecule has 0 aromatic heterocycles. The van der Waals surface area contributed by atoms with Gasteiger partial charge in [-0.1, -0.05) is 12.1 Å². The van der Waals surface area contributed by atoms with Crippen LogP contribution < -0.4 is 19.5 Å². The number of nitrogens with one attached hydrogen (secondary N) is 1. The summed E-state index contributed by atoms with van der Waals surface area (Å²) in [5.74, 6) is 0.508. The van der Waals surface area contributed by atoms with Crippen molar-refractivity contribution in [2.45, 2.75) is 24.9 Å². The Hall–Kier alpha value is -2.54. The molecular weight excluding hydrogens is 320 g/mol. The van der Waals surface area contributed by atoms with E-state index >= 15 is 0 Å². The maximum Gasteiger partial charge on any atom is 0.586 e. The summed E-state index contributed by atoms with van der Waals surface area (Å²) in [6, 6.07) is 10.4. The zero-order chi connectivity index (χ0) is 16.9. The largest absolute Gasteiger partial charge is 0.586 e. The van der Waals surface area contributed by atoms with Gasteiger partial charge in [-0.2, -0.15) is 0 Å². The molecule has 4 rings (SSSR count). The van der Waals surface area contributed by atoms with Crippen LogP contribution in [0.1, 0.15) is 23.5 Å². The maximum atomic E-state index is 13.3. The summed E-state index contributed by atoms with van der Waals surface area (Å²) >= 11 is 0. The number of fused-ring (bicyclic) bond motifs is 2. The Morgan fingerprint density at radius 1 is 1.17 bits per heavy atom. The summed E-state index contributed by atoms with van der Waals surface area (Å²) in [7, 11) is 1.58. The minimum Gasteiger partial charge on any atom is -0.497 e. The summed E-state index contributed by atoms with van der Waals surface area (Å²) in [6.45, 7) is 0. The number of hydrogen-bond acceptors (Lipinski definition) is 5. The average Bonchev–Trinajstić information content (AvgIpc) is 2.85. The first kappa shape index (κ1) is 15.0. The Balaban J connectivity index is 1.76. The van der Waals surface area contributed by atoms with Gasteiger partial charge in [0.25, 0.3) is 0 Å². The number of halogens is 2. The molecule has 2 aliphatic rings. The zero-order valence-corrected chi connectivity index (χ0v) is 12.8. The predicted octanol–water partition coefficient (Wildman–Crippen LogP) is 3.28. The van der Waals surface area contributed by atoms with E-state index in [-0.39, 0.29) is 17.4 Å². The number of alkyl halides is 2. The molecule has 0 radical (unpaired) electrons. The van der Waals surface area contributed by atoms with Gasteiger partial charge in [0.2, 0.25) is 0 Å². The second-order valence-corrected chi connectivity index (χ2v) is 5.78. The van der Waals surface area contributed by atoms with Crippen LogP contribution in [-0.2, 0) is 0 Å². The molecule has 24 heavy (non-hydrogen) atoms. The van der Waals surface area contributed by atoms with Crippen LogP contribution in [0.25, 0.3) is 0 Å². The molecule has 2 N–H and O–H groups in total. The molecule has 0 fully saturated rings. The van der Waals surface area contributed by atoms with Gasteiger partial charge < -0.3 is 24.6 Å². The zero-order valence-electron chi connectivity index (χ0n) is 12.8. The Morgan fingerprint density at radius 3 is 2.50 bits per heavy atom. The quantitative estimate of drug-likeness (QED) is 0.882. The summed E-state index contributed by atoms with van der Waals surface area (Å²) in [5.41, 5.74) is 2.27. The SMILES string of the molecule is COc1ccc(C2CC(O)Nc3cc4c(cc32)OC(F)(F)O4)cc1. The molecular formula is C17H15F2NO4. The molecule has 2 aliphatic heterocycles. The van der Waals surface area contributed by atoms with Crippen LogP contribution in [0, 0.1) is 0 Å². The topological polar surface area (TPSA) is 60.0 Å². The lowest BCUT2D eigenvalue weighted by atomic mass is 9.84. The number of ether oxygens (including phenoxy) is 3. The van der Waals surface area contributed by atoms with Crippen LogP contribution in [0.5, 0.6) is 17.2 Å². The summed E-state index contributed by atoms with van der Waals surface area (Å²) < 4.78 is 40.7. The fourth-order valence-corrected chi connectivity index (χ4v) is 3.17. The third-order valence-electron chi connectivity index (χ3n) is 4.25. The van der Waals surface area contributed by atoms with Crippen LogP contribution in [0.4, 0.5) is 14.5 Å². The first-order valence-corrected chi connectivity index (χ1v) is 7.47. The Kier molecular flexibility index (Phi) is 3.28. The first-order valence-electron chi connectivity index (χ1n) is 7.47. The molecule has 2 heterocycles. The lowest BCUT2D eigenvalue weighted by Crippen LogP contribution is -2.28. The molecule has 0 saturated heterocycles. The average molecular weight is 335 g/mol. The second-order valence-electron chi connectivity index (χ2n) is 5.78. The highest BCUT2D eigenvalue weighted by Crippen LogP contribution is 2.48. The van der Waals surface area contributed by atoms with E-state index in [0.717, 1.165) is 16.9 Å². The highest BCUT2D eigenvalue weighted by atomic mass is 19.3. The number of anilines is 1. The van der Waals surface area contributed by atoms with E-state index in [1.807, 2.05) is 24.3 Å². The lowest BCUT2D eigenvalue weighted by Gasteiger charge is -2.31. The van der Waals surface area contributed by atoms with Crippen molar-refractivity contribution >= 4 is 5.69 Å². The van der Waals surface area contributed by atoms with Crippen molar-refractivity contribution < 1.29 is 28.1 Å². The van der Waals surface area contributed by atoms with Gasteiger partial charge in [-0.15, -0.1) is 8.78 Å². The van der Waals surface area contributed by atoms with E-state index in [1.54, 1.807) is 13.2 Å². The van der Waals surface area contributed by atoms with Gasteiger partial charge in [0.15, 0.2) is 11.5 Å². The standard InChI is InChI=1S/C17H15F2NO4/c1-22-10-4-2-9(3-5-10)11-7-16(21)20-13-8-15-14(6-12(11)13)23-17(18,19)24-15/h2-6,8,11,16,20-21H,7H2,1H3. The normalized spacial score (nSPS) is 23.3. The van der Waals surface area contributed by atoms with Crippen molar-refractivity contribution in [2.75, 3.05) is 12.4 Å². The van der Waals surface area contributed by atoms with E-state index in [1.165, 1.54) is 6.07 Å². The highest BCUT2D eigenvalue weighted by Gasteiger charge is 2.44. The minimum atomic E-state index is -3.67. The van der Waals surface area contributed by atoms with Gasteiger partial charge in [-0.3, -0.25) is 0 Å². The molecule has 2 aromatic rings. The Morgan fingerprint density at radius 2 is 1.83 bits per heavy atom. The van der Waals surface area contributed by atoms with Gasteiger partial charge >= 0.3 is 6.29 Å². The van der Waals surface area contributed by atoms with E-state index in [9.17, 15) is 13.9 Å². The van der Waals surface area contributed by atoms with E-state index in [0.29, 0.717) is 12.1 Å². The second kappa shape index (κ2) is 5.24. The fraction of sp³-hybridized carbons (Fsp3) is 0.294. The molecule has 0 spiro atoms. The van der Waals surface area contributed by atoms with Crippen LogP contribution >= 0.6 is 0 Å². The summed E-state index contributed by atoms with van der Waals surface area (Å²) in [4.78, 5) is 0. The van der Waals surface area contributed by atoms with Crippen molar-refractivity contribution in [3.63, 3.8) is 0 Å². The Bertz CT molecular complexity index is 779. The molecule has 126 valence electrons. The minimum absolute atomic E-state index is 0.00421. The van der Waals surface area contributed by atoms with Crippen LogP contribution in [0.2, 0.25) is 0 Å². The van der Waals surface area contributed by atoms with E-state index in [4.69, 9.17) is 4.74 Å². The molecule has 0 aliphatic carbocycles. The van der Waals surface area contributed by atoms with Crippen LogP contribution in [-0.4, -0.2) is 24.7 Å². The highest BCUT2D eigenvalue weighted by molar-refractivity contribution is 5.65. The molecule has 0 saturated carbocycles. The first-order chi connectivity index (χ1) is 11.4. The molecule has 7 heteroatoms. The van der Waals surface area contributed by atoms with Gasteiger partial charge in [0.1, 0.15) is 12.0 Å². The van der Waals surface area contributed by atoms with Crippen LogP contribution in [0.3, 0.4) is 0 Å². The summed E-state index contributed by atoms with van der Waals surface area (Å²) in [6.07, 6.45) is -4.04. The predicted molar refractivity (Wildman–Crippen MR) is 81.7 cm³/mol. The van der Waals surface area contributed by atoms with Crippen molar-refractivity contribution in [2.24, 2.45) is 0 Å². The van der Waals surface area contributed by atoms with Crippen molar-refractivity contribution in [1.82, 2.24) is 0 Å². The molecule has 2 atom stereocenters. The maximum absolute atomic E-state index is 13.3. The summed E-state index contributed by atoms with van der Waals surface area (Å²) in [5, 5.41) is 13.0. The molecule has 0 amide bonds. The van der Waals surface area contributed by atoms with Gasteiger partial charge in [0.05, 0.1) is 7.11 Å². The van der Waals surface area contributed by atoms with Gasteiger partial charge in [-0.05, 0) is 29.3 Å². The molecule has 2 unspecified atom stereocenters. The number of aliphatic hydroxyl groups excluding tert-OH is 1. The third-order valence-corrected chi connectivity index (χ3v) is 4.25. The van der Waals surface area contributed by atoms with Crippen LogP contribution in [0.15, 0.2) is 36.4 Å². The number of aliphatic hydroxyl groups is 1. The monoisotopic (exact) mass is 335 g/mol. The fourth-order valence-electron chi connectivity index (χ4n) is 3.17. The third kappa shape index (κ3) is 2.50. The smallest absolute Gasteiger partial charge is 0.497 e. The van der Waals surface area contributed by atoms with Gasteiger partial charge in [-0.25, -0.2) is 0 Å². The number of hydrogen-bond donors (Lipinski definition) is 2. The van der Waals surface area contributed by atoms with E-state index in [2.05, 4.69) is 14.8 Å². The molecule has 2 aromatic carbocycles.